The molecule has 0 aliphatic carbocycles. The van der Waals surface area contributed by atoms with Crippen molar-refractivity contribution in [3.63, 3.8) is 0 Å². The Morgan fingerprint density at radius 3 is 2.28 bits per heavy atom. The first-order valence-electron chi connectivity index (χ1n) is 7.79. The zero-order chi connectivity index (χ0) is 17.2. The molecule has 4 rings (SSSR count). The van der Waals surface area contributed by atoms with Crippen LogP contribution in [-0.4, -0.2) is 5.90 Å². The number of aliphatic imine (C=N–C) groups is 1. The van der Waals surface area contributed by atoms with E-state index in [4.69, 9.17) is 4.74 Å². The van der Waals surface area contributed by atoms with Crippen molar-refractivity contribution in [2.45, 2.75) is 0 Å². The molecule has 1 aliphatic rings. The molecule has 1 heterocycles. The van der Waals surface area contributed by atoms with Crippen molar-refractivity contribution < 1.29 is 9.13 Å². The average molecular weight is 441 g/mol. The highest BCUT2D eigenvalue weighted by atomic mass is 127. The van der Waals surface area contributed by atoms with Crippen LogP contribution in [0.5, 0.6) is 0 Å². The molecule has 0 N–H and O–H groups in total. The molecule has 0 fully saturated rings. The quantitative estimate of drug-likeness (QED) is 0.435. The van der Waals surface area contributed by atoms with Crippen LogP contribution < -0.4 is 0 Å². The van der Waals surface area contributed by atoms with Gasteiger partial charge in [-0.15, -0.1) is 0 Å². The van der Waals surface area contributed by atoms with Crippen LogP contribution in [0.4, 0.5) is 10.1 Å². The Morgan fingerprint density at radius 1 is 0.840 bits per heavy atom. The van der Waals surface area contributed by atoms with Gasteiger partial charge in [0.15, 0.2) is 5.76 Å². The SMILES string of the molecule is Fc1ccc(/C(I)=C2/OC(c3ccccc3)=Nc3ccccc32)cc1. The second-order valence-electron chi connectivity index (χ2n) is 5.55. The normalized spacial score (nSPS) is 15.0. The number of nitrogens with zero attached hydrogens (tertiary/aromatic N) is 1. The first kappa shape index (κ1) is 16.0. The molecule has 0 amide bonds. The van der Waals surface area contributed by atoms with Gasteiger partial charge in [0.2, 0.25) is 5.90 Å². The van der Waals surface area contributed by atoms with Crippen LogP contribution in [0.3, 0.4) is 0 Å². The molecule has 25 heavy (non-hydrogen) atoms. The lowest BCUT2D eigenvalue weighted by atomic mass is 10.1. The number of hydrogen-bond donors (Lipinski definition) is 0. The minimum atomic E-state index is -0.255. The fourth-order valence-corrected chi connectivity index (χ4v) is 3.40. The van der Waals surface area contributed by atoms with E-state index in [9.17, 15) is 4.39 Å². The Balaban J connectivity index is 1.87. The maximum absolute atomic E-state index is 13.2. The van der Waals surface area contributed by atoms with Crippen LogP contribution in [0.2, 0.25) is 0 Å². The molecule has 0 spiro atoms. The molecule has 2 nitrogen and oxygen atoms in total. The van der Waals surface area contributed by atoms with Crippen LogP contribution >= 0.6 is 22.6 Å². The van der Waals surface area contributed by atoms with Crippen LogP contribution in [0, 0.1) is 5.82 Å². The lowest BCUT2D eigenvalue weighted by Crippen LogP contribution is -2.11. The molecular formula is C21H13FINO. The van der Waals surface area contributed by atoms with E-state index in [0.29, 0.717) is 5.90 Å². The van der Waals surface area contributed by atoms with Gasteiger partial charge in [0.25, 0.3) is 0 Å². The zero-order valence-electron chi connectivity index (χ0n) is 13.1. The Morgan fingerprint density at radius 2 is 1.52 bits per heavy atom. The molecule has 4 heteroatoms. The highest BCUT2D eigenvalue weighted by Crippen LogP contribution is 2.40. The first-order valence-corrected chi connectivity index (χ1v) is 8.87. The van der Waals surface area contributed by atoms with Gasteiger partial charge in [-0.1, -0.05) is 42.5 Å². The third-order valence-corrected chi connectivity index (χ3v) is 5.00. The smallest absolute Gasteiger partial charge is 0.227 e. The van der Waals surface area contributed by atoms with Crippen LogP contribution in [0.25, 0.3) is 9.34 Å². The van der Waals surface area contributed by atoms with Crippen molar-refractivity contribution in [3.8, 4) is 0 Å². The van der Waals surface area contributed by atoms with Gasteiger partial charge >= 0.3 is 0 Å². The molecule has 3 aromatic rings. The highest BCUT2D eigenvalue weighted by Gasteiger charge is 2.22. The lowest BCUT2D eigenvalue weighted by Gasteiger charge is -2.21. The van der Waals surface area contributed by atoms with Crippen LogP contribution in [0.1, 0.15) is 16.7 Å². The Hall–Kier alpha value is -2.47. The third kappa shape index (κ3) is 3.22. The second-order valence-corrected chi connectivity index (χ2v) is 6.63. The standard InChI is InChI=1S/C21H13FINO/c22-16-12-10-14(11-13-16)19(23)20-17-8-4-5-9-18(17)24-21(25-20)15-6-2-1-3-7-15/h1-13H/b20-19-. The van der Waals surface area contributed by atoms with E-state index in [-0.39, 0.29) is 5.82 Å². The molecule has 122 valence electrons. The molecule has 1 aliphatic heterocycles. The predicted molar refractivity (Wildman–Crippen MR) is 107 cm³/mol. The van der Waals surface area contributed by atoms with Gasteiger partial charge in [-0.05, 0) is 64.6 Å². The second kappa shape index (κ2) is 6.80. The number of hydrogen-bond acceptors (Lipinski definition) is 2. The van der Waals surface area contributed by atoms with Crippen molar-refractivity contribution in [1.82, 2.24) is 0 Å². The Bertz CT molecular complexity index is 978. The van der Waals surface area contributed by atoms with E-state index in [2.05, 4.69) is 27.6 Å². The molecule has 0 saturated heterocycles. The van der Waals surface area contributed by atoms with Crippen molar-refractivity contribution in [2.75, 3.05) is 0 Å². The van der Waals surface area contributed by atoms with Crippen LogP contribution in [-0.2, 0) is 4.74 Å². The monoisotopic (exact) mass is 441 g/mol. The van der Waals surface area contributed by atoms with Gasteiger partial charge in [-0.25, -0.2) is 9.38 Å². The molecule has 0 radical (unpaired) electrons. The van der Waals surface area contributed by atoms with Crippen molar-refractivity contribution in [1.29, 1.82) is 0 Å². The topological polar surface area (TPSA) is 21.6 Å². The number of para-hydroxylation sites is 1. The summed E-state index contributed by atoms with van der Waals surface area (Å²) in [7, 11) is 0. The summed E-state index contributed by atoms with van der Waals surface area (Å²) >= 11 is 2.24. The molecule has 0 saturated carbocycles. The lowest BCUT2D eigenvalue weighted by molar-refractivity contribution is 0.506. The van der Waals surface area contributed by atoms with E-state index in [1.807, 2.05) is 54.6 Å². The van der Waals surface area contributed by atoms with Crippen LogP contribution in [0.15, 0.2) is 83.9 Å². The first-order chi connectivity index (χ1) is 12.2. The summed E-state index contributed by atoms with van der Waals surface area (Å²) in [5.74, 6) is 1.04. The number of halogens is 2. The van der Waals surface area contributed by atoms with Gasteiger partial charge in [0.1, 0.15) is 5.82 Å². The fraction of sp³-hybridized carbons (Fsp3) is 0. The van der Waals surface area contributed by atoms with E-state index in [0.717, 1.165) is 31.7 Å². The van der Waals surface area contributed by atoms with E-state index in [1.54, 1.807) is 12.1 Å². The molecule has 0 atom stereocenters. The molecule has 0 aromatic heterocycles. The molecule has 0 unspecified atom stereocenters. The predicted octanol–water partition coefficient (Wildman–Crippen LogP) is 6.20. The van der Waals surface area contributed by atoms with E-state index in [1.165, 1.54) is 12.1 Å². The zero-order valence-corrected chi connectivity index (χ0v) is 15.3. The van der Waals surface area contributed by atoms with Gasteiger partial charge < -0.3 is 4.74 Å². The minimum Gasteiger partial charge on any atom is -0.437 e. The molecular weight excluding hydrogens is 428 g/mol. The summed E-state index contributed by atoms with van der Waals surface area (Å²) in [5, 5.41) is 0. The third-order valence-electron chi connectivity index (χ3n) is 3.89. The van der Waals surface area contributed by atoms with Gasteiger partial charge in [0, 0.05) is 11.1 Å². The Kier molecular flexibility index (Phi) is 4.36. The van der Waals surface area contributed by atoms with Crippen molar-refractivity contribution >= 4 is 43.5 Å². The van der Waals surface area contributed by atoms with Crippen molar-refractivity contribution in [2.24, 2.45) is 4.99 Å². The Labute approximate surface area is 158 Å². The summed E-state index contributed by atoms with van der Waals surface area (Å²) in [6, 6.07) is 24.1. The number of benzene rings is 3. The minimum absolute atomic E-state index is 0.255. The summed E-state index contributed by atoms with van der Waals surface area (Å²) in [6.07, 6.45) is 0. The summed E-state index contributed by atoms with van der Waals surface area (Å²) in [5.41, 5.74) is 3.61. The molecule has 3 aromatic carbocycles. The van der Waals surface area contributed by atoms with Crippen molar-refractivity contribution in [3.05, 3.63) is 101 Å². The largest absolute Gasteiger partial charge is 0.437 e. The van der Waals surface area contributed by atoms with E-state index >= 15 is 0 Å². The number of fused-ring (bicyclic) bond motifs is 1. The summed E-state index contributed by atoms with van der Waals surface area (Å²) in [6.45, 7) is 0. The number of rotatable bonds is 2. The number of ether oxygens (including phenoxy) is 1. The van der Waals surface area contributed by atoms with E-state index < -0.39 is 0 Å². The summed E-state index contributed by atoms with van der Waals surface area (Å²) < 4.78 is 20.3. The van der Waals surface area contributed by atoms with Gasteiger partial charge in [-0.2, -0.15) is 0 Å². The maximum atomic E-state index is 13.2. The van der Waals surface area contributed by atoms with Gasteiger partial charge in [0.05, 0.1) is 9.27 Å². The summed E-state index contributed by atoms with van der Waals surface area (Å²) in [4.78, 5) is 4.65. The highest BCUT2D eigenvalue weighted by molar-refractivity contribution is 14.1. The molecule has 0 bridgehead atoms. The van der Waals surface area contributed by atoms with Gasteiger partial charge in [-0.3, -0.25) is 0 Å². The maximum Gasteiger partial charge on any atom is 0.227 e. The average Bonchev–Trinajstić information content (AvgIpc) is 2.68. The fourth-order valence-electron chi connectivity index (χ4n) is 2.64.